The van der Waals surface area contributed by atoms with E-state index in [-0.39, 0.29) is 5.91 Å². The molecule has 0 saturated carbocycles. The highest BCUT2D eigenvalue weighted by Gasteiger charge is 2.26. The Morgan fingerprint density at radius 3 is 1.97 bits per heavy atom. The number of hydrazine groups is 1. The zero-order valence-electron chi connectivity index (χ0n) is 20.7. The average molecular weight is 477 g/mol. The maximum Gasteiger partial charge on any atom is 0.272 e. The Bertz CT molecular complexity index is 1130. The molecular weight excluding hydrogens is 444 g/mol. The molecule has 0 radical (unpaired) electrons. The number of amides is 1. The predicted octanol–water partition coefficient (Wildman–Crippen LogP) is 5.44. The third-order valence-corrected chi connectivity index (χ3v) is 6.23. The van der Waals surface area contributed by atoms with Gasteiger partial charge in [0.25, 0.3) is 5.91 Å². The molecule has 0 aromatic heterocycles. The van der Waals surface area contributed by atoms with Crippen molar-refractivity contribution in [3.63, 3.8) is 0 Å². The summed E-state index contributed by atoms with van der Waals surface area (Å²) < 4.78 is 21.8. The van der Waals surface area contributed by atoms with E-state index in [1.165, 1.54) is 6.42 Å². The van der Waals surface area contributed by atoms with Gasteiger partial charge in [0.15, 0.2) is 11.5 Å². The zero-order valence-corrected chi connectivity index (χ0v) is 20.7. The molecular formula is C28H32N2O5. The molecule has 1 fully saturated rings. The van der Waals surface area contributed by atoms with Gasteiger partial charge in [0, 0.05) is 18.7 Å². The van der Waals surface area contributed by atoms with Gasteiger partial charge in [-0.2, -0.15) is 0 Å². The van der Waals surface area contributed by atoms with Crippen LogP contribution in [0.1, 0.15) is 29.6 Å². The fraction of sp³-hybridized carbons (Fsp3) is 0.321. The first kappa shape index (κ1) is 24.4. The summed E-state index contributed by atoms with van der Waals surface area (Å²) in [6.45, 7) is 1.68. The summed E-state index contributed by atoms with van der Waals surface area (Å²) in [5.41, 5.74) is 3.15. The Kier molecular flexibility index (Phi) is 7.77. The minimum Gasteiger partial charge on any atom is -0.497 e. The molecule has 184 valence electrons. The number of methoxy groups -OCH3 is 4. The summed E-state index contributed by atoms with van der Waals surface area (Å²) in [4.78, 5) is 13.9. The summed E-state index contributed by atoms with van der Waals surface area (Å²) >= 11 is 0. The van der Waals surface area contributed by atoms with Gasteiger partial charge < -0.3 is 18.9 Å². The van der Waals surface area contributed by atoms with Crippen molar-refractivity contribution in [3.8, 4) is 34.1 Å². The lowest BCUT2D eigenvalue weighted by atomic mass is 10.0. The number of hydrogen-bond acceptors (Lipinski definition) is 6. The van der Waals surface area contributed by atoms with Crippen LogP contribution in [0.15, 0.2) is 60.7 Å². The fourth-order valence-electron chi connectivity index (χ4n) is 4.41. The van der Waals surface area contributed by atoms with Gasteiger partial charge >= 0.3 is 0 Å². The second-order valence-corrected chi connectivity index (χ2v) is 8.32. The van der Waals surface area contributed by atoms with Crippen LogP contribution in [0.3, 0.4) is 0 Å². The van der Waals surface area contributed by atoms with E-state index in [1.54, 1.807) is 33.4 Å². The van der Waals surface area contributed by atoms with E-state index in [0.29, 0.717) is 22.8 Å². The number of carbonyl (C=O) groups is 1. The number of hydrogen-bond donors (Lipinski definition) is 0. The Balaban J connectivity index is 1.72. The van der Waals surface area contributed by atoms with Crippen LogP contribution in [0, 0.1) is 0 Å². The minimum absolute atomic E-state index is 0.0774. The normalized spacial score (nSPS) is 13.7. The van der Waals surface area contributed by atoms with E-state index in [9.17, 15) is 4.79 Å². The van der Waals surface area contributed by atoms with Crippen molar-refractivity contribution in [1.82, 2.24) is 5.01 Å². The highest BCUT2D eigenvalue weighted by Crippen LogP contribution is 2.41. The van der Waals surface area contributed by atoms with Crippen LogP contribution in [0.25, 0.3) is 11.1 Å². The lowest BCUT2D eigenvalue weighted by Crippen LogP contribution is -2.49. The molecule has 7 heteroatoms. The molecule has 7 nitrogen and oxygen atoms in total. The van der Waals surface area contributed by atoms with Crippen molar-refractivity contribution in [2.45, 2.75) is 19.3 Å². The molecule has 1 aliphatic rings. The molecule has 3 aromatic rings. The van der Waals surface area contributed by atoms with Crippen molar-refractivity contribution in [2.24, 2.45) is 0 Å². The molecule has 1 heterocycles. The van der Waals surface area contributed by atoms with E-state index in [1.807, 2.05) is 60.7 Å². The largest absolute Gasteiger partial charge is 0.497 e. The van der Waals surface area contributed by atoms with Crippen LogP contribution < -0.4 is 24.0 Å². The van der Waals surface area contributed by atoms with Crippen LogP contribution >= 0.6 is 0 Å². The topological polar surface area (TPSA) is 60.5 Å². The van der Waals surface area contributed by atoms with Crippen molar-refractivity contribution >= 4 is 11.6 Å². The SMILES string of the molecule is COc1ccc(N(C(=O)c2cccc(-c3cc(OC)c(OC)c(OC)c3)c2)N2CCCCC2)cc1. The summed E-state index contributed by atoms with van der Waals surface area (Å²) in [5.74, 6) is 2.33. The van der Waals surface area contributed by atoms with Crippen molar-refractivity contribution in [3.05, 3.63) is 66.2 Å². The summed E-state index contributed by atoms with van der Waals surface area (Å²) in [7, 11) is 6.39. The Hall–Kier alpha value is -3.71. The molecule has 0 atom stereocenters. The summed E-state index contributed by atoms with van der Waals surface area (Å²) in [6.07, 6.45) is 3.30. The number of nitrogens with zero attached hydrogens (tertiary/aromatic N) is 2. The zero-order chi connectivity index (χ0) is 24.8. The average Bonchev–Trinajstić information content (AvgIpc) is 2.93. The lowest BCUT2D eigenvalue weighted by Gasteiger charge is -2.37. The van der Waals surface area contributed by atoms with E-state index in [0.717, 1.165) is 48.5 Å². The first-order valence-electron chi connectivity index (χ1n) is 11.7. The number of piperidine rings is 1. The second-order valence-electron chi connectivity index (χ2n) is 8.32. The molecule has 0 N–H and O–H groups in total. The maximum atomic E-state index is 13.9. The van der Waals surface area contributed by atoms with Gasteiger partial charge in [-0.05, 0) is 72.5 Å². The maximum absolute atomic E-state index is 13.9. The molecule has 0 aliphatic carbocycles. The quantitative estimate of drug-likeness (QED) is 0.432. The van der Waals surface area contributed by atoms with Crippen LogP contribution in [0.5, 0.6) is 23.0 Å². The van der Waals surface area contributed by atoms with Gasteiger partial charge in [-0.25, -0.2) is 10.0 Å². The molecule has 0 bridgehead atoms. The predicted molar refractivity (Wildman–Crippen MR) is 137 cm³/mol. The third-order valence-electron chi connectivity index (χ3n) is 6.23. The standard InChI is InChI=1S/C28H32N2O5/c1-32-24-13-11-23(12-14-24)30(29-15-6-5-7-16-29)28(31)21-10-8-9-20(17-21)22-18-25(33-2)27(35-4)26(19-22)34-3/h8-14,17-19H,5-7,15-16H2,1-4H3. The monoisotopic (exact) mass is 476 g/mol. The lowest BCUT2D eigenvalue weighted by molar-refractivity contribution is 0.0872. The number of anilines is 1. The smallest absolute Gasteiger partial charge is 0.272 e. The van der Waals surface area contributed by atoms with Crippen LogP contribution in [0.4, 0.5) is 5.69 Å². The van der Waals surface area contributed by atoms with E-state index in [4.69, 9.17) is 18.9 Å². The van der Waals surface area contributed by atoms with Gasteiger partial charge in [-0.3, -0.25) is 4.79 Å². The van der Waals surface area contributed by atoms with Gasteiger partial charge in [0.1, 0.15) is 5.75 Å². The molecule has 35 heavy (non-hydrogen) atoms. The van der Waals surface area contributed by atoms with Gasteiger partial charge in [0.05, 0.1) is 34.1 Å². The number of benzene rings is 3. The van der Waals surface area contributed by atoms with E-state index in [2.05, 4.69) is 5.01 Å². The summed E-state index contributed by atoms with van der Waals surface area (Å²) in [5, 5.41) is 3.94. The number of carbonyl (C=O) groups excluding carboxylic acids is 1. The molecule has 4 rings (SSSR count). The van der Waals surface area contributed by atoms with Crippen molar-refractivity contribution in [2.75, 3.05) is 46.5 Å². The van der Waals surface area contributed by atoms with Crippen molar-refractivity contribution in [1.29, 1.82) is 0 Å². The molecule has 0 unspecified atom stereocenters. The fourth-order valence-corrected chi connectivity index (χ4v) is 4.41. The van der Waals surface area contributed by atoms with Crippen LogP contribution in [-0.4, -0.2) is 52.4 Å². The Labute approximate surface area is 206 Å². The summed E-state index contributed by atoms with van der Waals surface area (Å²) in [6, 6.07) is 19.0. The minimum atomic E-state index is -0.0774. The van der Waals surface area contributed by atoms with Crippen LogP contribution in [0.2, 0.25) is 0 Å². The molecule has 1 aliphatic heterocycles. The highest BCUT2D eigenvalue weighted by molar-refractivity contribution is 6.06. The van der Waals surface area contributed by atoms with Gasteiger partial charge in [-0.1, -0.05) is 18.6 Å². The second kappa shape index (κ2) is 11.1. The Morgan fingerprint density at radius 2 is 1.40 bits per heavy atom. The first-order valence-corrected chi connectivity index (χ1v) is 11.7. The first-order chi connectivity index (χ1) is 17.1. The molecule has 0 spiro atoms. The number of ether oxygens (including phenoxy) is 4. The highest BCUT2D eigenvalue weighted by atomic mass is 16.5. The Morgan fingerprint density at radius 1 is 0.743 bits per heavy atom. The van der Waals surface area contributed by atoms with E-state index < -0.39 is 0 Å². The van der Waals surface area contributed by atoms with Gasteiger partial charge in [-0.15, -0.1) is 0 Å². The van der Waals surface area contributed by atoms with Crippen molar-refractivity contribution < 1.29 is 23.7 Å². The number of rotatable bonds is 8. The van der Waals surface area contributed by atoms with Gasteiger partial charge in [0.2, 0.25) is 5.75 Å². The molecule has 3 aromatic carbocycles. The molecule has 1 saturated heterocycles. The van der Waals surface area contributed by atoms with Crippen LogP contribution in [-0.2, 0) is 0 Å². The third kappa shape index (κ3) is 5.20. The van der Waals surface area contributed by atoms with E-state index >= 15 is 0 Å². The molecule has 1 amide bonds.